The molecule has 0 aliphatic rings. The minimum absolute atomic E-state index is 1.07. The van der Waals surface area contributed by atoms with E-state index in [1.54, 1.807) is 11.3 Å². The fraction of sp³-hybridized carbons (Fsp3) is 0.167. The van der Waals surface area contributed by atoms with Gasteiger partial charge in [-0.05, 0) is 23.4 Å². The van der Waals surface area contributed by atoms with Gasteiger partial charge in [0.2, 0.25) is 0 Å². The molecule has 0 bridgehead atoms. The maximum atomic E-state index is 3.71. The van der Waals surface area contributed by atoms with E-state index in [1.165, 1.54) is 10.5 Å². The first-order valence-corrected chi connectivity index (χ1v) is 5.29. The molecule has 0 amide bonds. The van der Waals surface area contributed by atoms with Crippen LogP contribution in [0.3, 0.4) is 0 Å². The van der Waals surface area contributed by atoms with Gasteiger partial charge in [0.05, 0.1) is 0 Å². The van der Waals surface area contributed by atoms with Crippen molar-refractivity contribution in [2.24, 2.45) is 0 Å². The lowest BCUT2D eigenvalue weighted by molar-refractivity contribution is 1.23. The standard InChI is InChI=1S/C12H14S/c1-3-5-8-11(7-4-2)12-9-6-10-13-12/h4-10H,2-3H2,1H3/b8-5-,11-7+. The van der Waals surface area contributed by atoms with Gasteiger partial charge < -0.3 is 0 Å². The summed E-state index contributed by atoms with van der Waals surface area (Å²) in [6.07, 6.45) is 9.25. The molecule has 0 saturated carbocycles. The number of hydrogen-bond donors (Lipinski definition) is 0. The molecule has 0 N–H and O–H groups in total. The van der Waals surface area contributed by atoms with Gasteiger partial charge in [-0.2, -0.15) is 0 Å². The molecule has 0 aliphatic heterocycles. The second kappa shape index (κ2) is 5.55. The third-order valence-electron chi connectivity index (χ3n) is 1.64. The van der Waals surface area contributed by atoms with E-state index >= 15 is 0 Å². The average molecular weight is 190 g/mol. The molecular formula is C12H14S. The van der Waals surface area contributed by atoms with Crippen molar-refractivity contribution in [3.8, 4) is 0 Å². The fourth-order valence-electron chi connectivity index (χ4n) is 1.03. The molecule has 68 valence electrons. The first-order valence-electron chi connectivity index (χ1n) is 4.41. The van der Waals surface area contributed by atoms with Gasteiger partial charge in [-0.15, -0.1) is 11.3 Å². The Morgan fingerprint density at radius 1 is 1.62 bits per heavy atom. The maximum absolute atomic E-state index is 3.71. The highest BCUT2D eigenvalue weighted by atomic mass is 32.1. The van der Waals surface area contributed by atoms with Crippen molar-refractivity contribution in [3.63, 3.8) is 0 Å². The van der Waals surface area contributed by atoms with E-state index in [4.69, 9.17) is 0 Å². The molecule has 0 nitrogen and oxygen atoms in total. The van der Waals surface area contributed by atoms with Gasteiger partial charge >= 0.3 is 0 Å². The van der Waals surface area contributed by atoms with Gasteiger partial charge in [0.15, 0.2) is 0 Å². The van der Waals surface area contributed by atoms with Crippen molar-refractivity contribution in [1.29, 1.82) is 0 Å². The molecule has 1 heterocycles. The molecule has 0 atom stereocenters. The molecule has 13 heavy (non-hydrogen) atoms. The first kappa shape index (κ1) is 10.0. The third kappa shape index (κ3) is 3.03. The van der Waals surface area contributed by atoms with E-state index < -0.39 is 0 Å². The third-order valence-corrected chi connectivity index (χ3v) is 2.56. The van der Waals surface area contributed by atoms with Crippen LogP contribution < -0.4 is 0 Å². The van der Waals surface area contributed by atoms with Gasteiger partial charge in [-0.1, -0.05) is 43.9 Å². The van der Waals surface area contributed by atoms with E-state index in [0.717, 1.165) is 6.42 Å². The number of thiophene rings is 1. The zero-order valence-corrected chi connectivity index (χ0v) is 8.68. The summed E-state index contributed by atoms with van der Waals surface area (Å²) in [5, 5.41) is 2.09. The monoisotopic (exact) mass is 190 g/mol. The van der Waals surface area contributed by atoms with Crippen LogP contribution in [0.15, 0.2) is 48.4 Å². The van der Waals surface area contributed by atoms with Gasteiger partial charge in [0, 0.05) is 4.88 Å². The van der Waals surface area contributed by atoms with E-state index in [-0.39, 0.29) is 0 Å². The Kier molecular flexibility index (Phi) is 4.27. The second-order valence-electron chi connectivity index (χ2n) is 2.65. The van der Waals surface area contributed by atoms with E-state index in [2.05, 4.69) is 43.2 Å². The van der Waals surface area contributed by atoms with Crippen LogP contribution in [0.4, 0.5) is 0 Å². The van der Waals surface area contributed by atoms with Crippen LogP contribution in [-0.2, 0) is 0 Å². The molecule has 0 radical (unpaired) electrons. The minimum Gasteiger partial charge on any atom is -0.144 e. The second-order valence-corrected chi connectivity index (χ2v) is 3.59. The Morgan fingerprint density at radius 3 is 3.00 bits per heavy atom. The Hall–Kier alpha value is -1.08. The molecule has 0 saturated heterocycles. The van der Waals surface area contributed by atoms with Crippen LogP contribution in [0.1, 0.15) is 18.2 Å². The van der Waals surface area contributed by atoms with Crippen molar-refractivity contribution < 1.29 is 0 Å². The lowest BCUT2D eigenvalue weighted by Crippen LogP contribution is -1.72. The molecule has 1 aromatic heterocycles. The minimum atomic E-state index is 1.07. The van der Waals surface area contributed by atoms with Gasteiger partial charge in [-0.25, -0.2) is 0 Å². The van der Waals surface area contributed by atoms with Crippen molar-refractivity contribution in [3.05, 3.63) is 53.3 Å². The highest BCUT2D eigenvalue weighted by Crippen LogP contribution is 2.21. The van der Waals surface area contributed by atoms with Gasteiger partial charge in [-0.3, -0.25) is 0 Å². The van der Waals surface area contributed by atoms with Gasteiger partial charge in [0.1, 0.15) is 0 Å². The molecule has 0 aromatic carbocycles. The number of hydrogen-bond acceptors (Lipinski definition) is 1. The molecule has 1 aromatic rings. The molecule has 1 heteroatoms. The zero-order valence-electron chi connectivity index (χ0n) is 7.86. The van der Waals surface area contributed by atoms with Crippen molar-refractivity contribution in [1.82, 2.24) is 0 Å². The summed E-state index contributed by atoms with van der Waals surface area (Å²) >= 11 is 1.75. The SMILES string of the molecule is C=C/C=C(\C=C/CC)c1cccs1. The van der Waals surface area contributed by atoms with Crippen molar-refractivity contribution in [2.75, 3.05) is 0 Å². The normalized spacial score (nSPS) is 12.2. The highest BCUT2D eigenvalue weighted by molar-refractivity contribution is 7.11. The molecular weight excluding hydrogens is 176 g/mol. The quantitative estimate of drug-likeness (QED) is 0.621. The molecule has 0 fully saturated rings. The molecule has 0 aliphatic carbocycles. The Bertz CT molecular complexity index is 302. The summed E-state index contributed by atoms with van der Waals surface area (Å²) in [6.45, 7) is 5.85. The predicted molar refractivity (Wildman–Crippen MR) is 61.9 cm³/mol. The summed E-state index contributed by atoms with van der Waals surface area (Å²) in [6, 6.07) is 4.19. The van der Waals surface area contributed by atoms with Crippen LogP contribution >= 0.6 is 11.3 Å². The lowest BCUT2D eigenvalue weighted by Gasteiger charge is -1.95. The van der Waals surface area contributed by atoms with Crippen molar-refractivity contribution >= 4 is 16.9 Å². The smallest absolute Gasteiger partial charge is 0.0342 e. The van der Waals surface area contributed by atoms with Crippen LogP contribution in [-0.4, -0.2) is 0 Å². The lowest BCUT2D eigenvalue weighted by atomic mass is 10.2. The molecule has 1 rings (SSSR count). The Morgan fingerprint density at radius 2 is 2.46 bits per heavy atom. The summed E-state index contributed by atoms with van der Waals surface area (Å²) in [5.41, 5.74) is 1.24. The van der Waals surface area contributed by atoms with Gasteiger partial charge in [0.25, 0.3) is 0 Å². The maximum Gasteiger partial charge on any atom is 0.0342 e. The van der Waals surface area contributed by atoms with Crippen molar-refractivity contribution in [2.45, 2.75) is 13.3 Å². The zero-order chi connectivity index (χ0) is 9.52. The summed E-state index contributed by atoms with van der Waals surface area (Å²) in [7, 11) is 0. The van der Waals surface area contributed by atoms with Crippen LogP contribution in [0.25, 0.3) is 5.57 Å². The first-order chi connectivity index (χ1) is 6.38. The average Bonchev–Trinajstić information content (AvgIpc) is 2.65. The van der Waals surface area contributed by atoms with Crippen LogP contribution in [0.5, 0.6) is 0 Å². The summed E-state index contributed by atoms with van der Waals surface area (Å²) in [5.74, 6) is 0. The highest BCUT2D eigenvalue weighted by Gasteiger charge is 1.95. The fourth-order valence-corrected chi connectivity index (χ4v) is 1.77. The number of allylic oxidation sites excluding steroid dienone is 5. The van der Waals surface area contributed by atoms with E-state index in [9.17, 15) is 0 Å². The Balaban J connectivity index is 2.87. The molecule has 0 unspecified atom stereocenters. The summed E-state index contributed by atoms with van der Waals surface area (Å²) < 4.78 is 0. The topological polar surface area (TPSA) is 0 Å². The van der Waals surface area contributed by atoms with E-state index in [0.29, 0.717) is 0 Å². The number of rotatable bonds is 4. The van der Waals surface area contributed by atoms with E-state index in [1.807, 2.05) is 12.2 Å². The van der Waals surface area contributed by atoms with Crippen LogP contribution in [0.2, 0.25) is 0 Å². The molecule has 0 spiro atoms. The largest absolute Gasteiger partial charge is 0.144 e. The predicted octanol–water partition coefficient (Wildman–Crippen LogP) is 4.28. The van der Waals surface area contributed by atoms with Crippen LogP contribution in [0, 0.1) is 0 Å². The summed E-state index contributed by atoms with van der Waals surface area (Å²) in [4.78, 5) is 1.30. The Labute approximate surface area is 83.9 Å².